The Hall–Kier alpha value is -1.06. The van der Waals surface area contributed by atoms with Crippen molar-refractivity contribution in [3.8, 4) is 5.75 Å². The minimum absolute atomic E-state index is 0.366. The Labute approximate surface area is 141 Å². The van der Waals surface area contributed by atoms with Crippen molar-refractivity contribution < 1.29 is 9.84 Å². The summed E-state index contributed by atoms with van der Waals surface area (Å²) in [6, 6.07) is 8.83. The first-order valence-electron chi connectivity index (χ1n) is 9.21. The van der Waals surface area contributed by atoms with Crippen molar-refractivity contribution in [1.82, 2.24) is 4.90 Å². The maximum absolute atomic E-state index is 10.3. The first kappa shape index (κ1) is 18.3. The van der Waals surface area contributed by atoms with Gasteiger partial charge in [0.25, 0.3) is 0 Å². The summed E-state index contributed by atoms with van der Waals surface area (Å²) in [4.78, 5) is 2.31. The van der Waals surface area contributed by atoms with Gasteiger partial charge in [0.15, 0.2) is 0 Å². The molecule has 1 N–H and O–H groups in total. The molecule has 0 radical (unpaired) electrons. The van der Waals surface area contributed by atoms with Crippen LogP contribution in [0.25, 0.3) is 0 Å². The third-order valence-corrected chi connectivity index (χ3v) is 5.19. The molecule has 1 aromatic rings. The maximum Gasteiger partial charge on any atom is 0.122 e. The first-order chi connectivity index (χ1) is 11.1. The molecule has 1 aromatic carbocycles. The number of benzene rings is 1. The molecule has 0 aromatic heterocycles. The summed E-state index contributed by atoms with van der Waals surface area (Å²) in [5.41, 5.74) is 1.24. The van der Waals surface area contributed by atoms with Crippen LogP contribution >= 0.6 is 0 Å². The van der Waals surface area contributed by atoms with Gasteiger partial charge in [0.05, 0.1) is 0 Å². The van der Waals surface area contributed by atoms with Gasteiger partial charge in [-0.3, -0.25) is 0 Å². The largest absolute Gasteiger partial charge is 0.491 e. The number of aliphatic hydroxyl groups excluding tert-OH is 1. The van der Waals surface area contributed by atoms with E-state index in [1.807, 2.05) is 12.1 Å². The summed E-state index contributed by atoms with van der Waals surface area (Å²) < 4.78 is 5.93. The zero-order valence-corrected chi connectivity index (χ0v) is 15.0. The number of para-hydroxylation sites is 1. The maximum atomic E-state index is 10.3. The van der Waals surface area contributed by atoms with E-state index in [1.165, 1.54) is 37.7 Å². The summed E-state index contributed by atoms with van der Waals surface area (Å²) in [5.74, 6) is 1.40. The zero-order chi connectivity index (χ0) is 16.7. The summed E-state index contributed by atoms with van der Waals surface area (Å²) in [5, 5.41) is 10.3. The van der Waals surface area contributed by atoms with Gasteiger partial charge in [-0.15, -0.1) is 0 Å². The highest BCUT2D eigenvalue weighted by molar-refractivity contribution is 5.35. The number of ether oxygens (including phenoxy) is 1. The van der Waals surface area contributed by atoms with E-state index >= 15 is 0 Å². The molecule has 1 fully saturated rings. The second-order valence-electron chi connectivity index (χ2n) is 7.04. The van der Waals surface area contributed by atoms with Crippen molar-refractivity contribution >= 4 is 0 Å². The average molecular weight is 319 g/mol. The molecule has 23 heavy (non-hydrogen) atoms. The summed E-state index contributed by atoms with van der Waals surface area (Å²) in [6.07, 6.45) is 7.19. The summed E-state index contributed by atoms with van der Waals surface area (Å²) in [6.45, 7) is 5.46. The van der Waals surface area contributed by atoms with E-state index in [0.717, 1.165) is 12.2 Å². The Morgan fingerprint density at radius 1 is 1.22 bits per heavy atom. The van der Waals surface area contributed by atoms with Crippen LogP contribution in [0.5, 0.6) is 5.75 Å². The molecule has 1 aliphatic carbocycles. The highest BCUT2D eigenvalue weighted by atomic mass is 16.5. The lowest BCUT2D eigenvalue weighted by molar-refractivity contribution is 0.0558. The summed E-state index contributed by atoms with van der Waals surface area (Å²) >= 11 is 0. The van der Waals surface area contributed by atoms with Crippen LogP contribution < -0.4 is 4.74 Å². The van der Waals surface area contributed by atoms with Crippen molar-refractivity contribution in [1.29, 1.82) is 0 Å². The zero-order valence-electron chi connectivity index (χ0n) is 15.0. The van der Waals surface area contributed by atoms with Gasteiger partial charge in [-0.2, -0.15) is 0 Å². The molecule has 0 amide bonds. The lowest BCUT2D eigenvalue weighted by Gasteiger charge is -2.32. The van der Waals surface area contributed by atoms with Crippen LogP contribution in [0.1, 0.15) is 63.9 Å². The third kappa shape index (κ3) is 5.50. The minimum atomic E-state index is -0.438. The molecule has 1 aliphatic rings. The number of hydrogen-bond donors (Lipinski definition) is 1. The van der Waals surface area contributed by atoms with Crippen molar-refractivity contribution in [2.45, 2.75) is 70.4 Å². The third-order valence-electron chi connectivity index (χ3n) is 5.19. The molecule has 3 nitrogen and oxygen atoms in total. The molecule has 1 saturated carbocycles. The van der Waals surface area contributed by atoms with Gasteiger partial charge in [0.2, 0.25) is 0 Å². The molecule has 0 saturated heterocycles. The molecular formula is C20H33NO2. The van der Waals surface area contributed by atoms with E-state index in [0.29, 0.717) is 25.1 Å². The van der Waals surface area contributed by atoms with Crippen molar-refractivity contribution in [3.63, 3.8) is 0 Å². The van der Waals surface area contributed by atoms with Gasteiger partial charge in [0, 0.05) is 12.6 Å². The second-order valence-corrected chi connectivity index (χ2v) is 7.04. The quantitative estimate of drug-likeness (QED) is 0.779. The average Bonchev–Trinajstić information content (AvgIpc) is 2.60. The smallest absolute Gasteiger partial charge is 0.122 e. The normalized spacial score (nSPS) is 18.8. The van der Waals surface area contributed by atoms with Crippen LogP contribution in [0.4, 0.5) is 0 Å². The standard InChI is InChI=1S/C20H33NO2/c1-4-16(2)19-12-8-9-13-20(19)23-15-18(22)14-21(3)17-10-6-5-7-11-17/h8-9,12-13,16-18,22H,4-7,10-11,14-15H2,1-3H3. The lowest BCUT2D eigenvalue weighted by atomic mass is 9.94. The van der Waals surface area contributed by atoms with E-state index in [-0.39, 0.29) is 0 Å². The van der Waals surface area contributed by atoms with Crippen LogP contribution in [-0.2, 0) is 0 Å². The van der Waals surface area contributed by atoms with Crippen molar-refractivity contribution in [2.75, 3.05) is 20.2 Å². The van der Waals surface area contributed by atoms with Gasteiger partial charge >= 0.3 is 0 Å². The SMILES string of the molecule is CCC(C)c1ccccc1OCC(O)CN(C)C1CCCCC1. The van der Waals surface area contributed by atoms with Crippen LogP contribution in [0.15, 0.2) is 24.3 Å². The van der Waals surface area contributed by atoms with Crippen LogP contribution in [-0.4, -0.2) is 42.4 Å². The van der Waals surface area contributed by atoms with E-state index in [1.54, 1.807) is 0 Å². The van der Waals surface area contributed by atoms with E-state index in [2.05, 4.69) is 37.9 Å². The Bertz CT molecular complexity index is 457. The Kier molecular flexibility index (Phi) is 7.38. The van der Waals surface area contributed by atoms with Crippen LogP contribution in [0, 0.1) is 0 Å². The Morgan fingerprint density at radius 2 is 1.91 bits per heavy atom. The topological polar surface area (TPSA) is 32.7 Å². The molecule has 2 rings (SSSR count). The first-order valence-corrected chi connectivity index (χ1v) is 9.21. The van der Waals surface area contributed by atoms with E-state index < -0.39 is 6.10 Å². The number of nitrogens with zero attached hydrogens (tertiary/aromatic N) is 1. The van der Waals surface area contributed by atoms with Gasteiger partial charge in [0.1, 0.15) is 18.5 Å². The molecule has 2 atom stereocenters. The van der Waals surface area contributed by atoms with Crippen molar-refractivity contribution in [2.24, 2.45) is 0 Å². The summed E-state index contributed by atoms with van der Waals surface area (Å²) in [7, 11) is 2.13. The van der Waals surface area contributed by atoms with E-state index in [9.17, 15) is 5.11 Å². The number of aliphatic hydroxyl groups is 1. The monoisotopic (exact) mass is 319 g/mol. The fourth-order valence-electron chi connectivity index (χ4n) is 3.48. The minimum Gasteiger partial charge on any atom is -0.491 e. The fraction of sp³-hybridized carbons (Fsp3) is 0.700. The highest BCUT2D eigenvalue weighted by Crippen LogP contribution is 2.28. The van der Waals surface area contributed by atoms with Gasteiger partial charge < -0.3 is 14.7 Å². The van der Waals surface area contributed by atoms with Crippen molar-refractivity contribution in [3.05, 3.63) is 29.8 Å². The van der Waals surface area contributed by atoms with E-state index in [4.69, 9.17) is 4.74 Å². The Morgan fingerprint density at radius 3 is 2.61 bits per heavy atom. The van der Waals surface area contributed by atoms with Gasteiger partial charge in [-0.25, -0.2) is 0 Å². The molecule has 0 bridgehead atoms. The molecule has 130 valence electrons. The molecule has 0 aliphatic heterocycles. The number of rotatable bonds is 8. The fourth-order valence-corrected chi connectivity index (χ4v) is 3.48. The highest BCUT2D eigenvalue weighted by Gasteiger charge is 2.20. The van der Waals surface area contributed by atoms with Crippen LogP contribution in [0.2, 0.25) is 0 Å². The van der Waals surface area contributed by atoms with Crippen LogP contribution in [0.3, 0.4) is 0 Å². The molecule has 2 unspecified atom stereocenters. The number of hydrogen-bond acceptors (Lipinski definition) is 3. The molecule has 3 heteroatoms. The predicted molar refractivity (Wildman–Crippen MR) is 96.2 cm³/mol. The predicted octanol–water partition coefficient (Wildman–Crippen LogP) is 4.20. The lowest BCUT2D eigenvalue weighted by Crippen LogP contribution is -2.40. The number of likely N-dealkylation sites (N-methyl/N-ethyl adjacent to an activating group) is 1. The van der Waals surface area contributed by atoms with Gasteiger partial charge in [-0.05, 0) is 43.9 Å². The molecular weight excluding hydrogens is 286 g/mol. The Balaban J connectivity index is 1.83. The van der Waals surface area contributed by atoms with Gasteiger partial charge in [-0.1, -0.05) is 51.3 Å². The molecule has 0 heterocycles. The second kappa shape index (κ2) is 9.29. The molecule has 0 spiro atoms.